The fraction of sp³-hybridized carbons (Fsp3) is 0.353. The third-order valence-electron chi connectivity index (χ3n) is 3.63. The molecular weight excluding hydrogens is 248 g/mol. The van der Waals surface area contributed by atoms with Crippen LogP contribution < -0.4 is 11.1 Å². The number of carbonyl (C=O) groups excluding carboxylic acids is 1. The van der Waals surface area contributed by atoms with Crippen LogP contribution in [0.25, 0.3) is 10.8 Å². The summed E-state index contributed by atoms with van der Waals surface area (Å²) in [5.41, 5.74) is 7.05. The molecular formula is C17H22N2O. The summed E-state index contributed by atoms with van der Waals surface area (Å²) in [6.45, 7) is 4.61. The molecule has 0 saturated carbocycles. The zero-order chi connectivity index (χ0) is 14.5. The van der Waals surface area contributed by atoms with Crippen molar-refractivity contribution in [3.05, 3.63) is 48.0 Å². The average Bonchev–Trinajstić information content (AvgIpc) is 2.44. The highest BCUT2D eigenvalue weighted by Gasteiger charge is 2.12. The third-order valence-corrected chi connectivity index (χ3v) is 3.63. The van der Waals surface area contributed by atoms with Crippen molar-refractivity contribution in [3.63, 3.8) is 0 Å². The molecule has 3 nitrogen and oxygen atoms in total. The number of carbonyl (C=O) groups is 1. The van der Waals surface area contributed by atoms with Gasteiger partial charge < -0.3 is 11.1 Å². The van der Waals surface area contributed by atoms with Gasteiger partial charge in [0.2, 0.25) is 5.91 Å². The molecule has 1 unspecified atom stereocenters. The highest BCUT2D eigenvalue weighted by Crippen LogP contribution is 2.18. The summed E-state index contributed by atoms with van der Waals surface area (Å²) in [4.78, 5) is 11.9. The normalized spacial score (nSPS) is 12.6. The molecule has 3 heteroatoms. The maximum absolute atomic E-state index is 11.9. The van der Waals surface area contributed by atoms with Gasteiger partial charge in [0.1, 0.15) is 0 Å². The number of nitrogens with one attached hydrogen (secondary N) is 1. The largest absolute Gasteiger partial charge is 0.352 e. The van der Waals surface area contributed by atoms with E-state index in [1.54, 1.807) is 0 Å². The standard InChI is InChI=1S/C17H22N2O/c1-12(2)16(18)10-17(20)19-11-14-8-5-7-13-6-3-4-9-15(13)14/h3-9,12,16H,10-11,18H2,1-2H3,(H,19,20). The van der Waals surface area contributed by atoms with Gasteiger partial charge in [-0.25, -0.2) is 0 Å². The van der Waals surface area contributed by atoms with Gasteiger partial charge in [-0.05, 0) is 22.3 Å². The van der Waals surface area contributed by atoms with E-state index >= 15 is 0 Å². The summed E-state index contributed by atoms with van der Waals surface area (Å²) < 4.78 is 0. The Labute approximate surface area is 120 Å². The van der Waals surface area contributed by atoms with E-state index in [0.717, 1.165) is 5.56 Å². The fourth-order valence-electron chi connectivity index (χ4n) is 2.16. The molecule has 3 N–H and O–H groups in total. The average molecular weight is 270 g/mol. The Kier molecular flexibility index (Phi) is 4.74. The van der Waals surface area contributed by atoms with E-state index in [0.29, 0.717) is 18.9 Å². The van der Waals surface area contributed by atoms with Gasteiger partial charge in [-0.3, -0.25) is 4.79 Å². The minimum atomic E-state index is -0.0810. The van der Waals surface area contributed by atoms with E-state index in [4.69, 9.17) is 5.73 Å². The van der Waals surface area contributed by atoms with Crippen LogP contribution in [0.1, 0.15) is 25.8 Å². The van der Waals surface area contributed by atoms with Gasteiger partial charge in [-0.2, -0.15) is 0 Å². The second-order valence-corrected chi connectivity index (χ2v) is 5.53. The van der Waals surface area contributed by atoms with Gasteiger partial charge >= 0.3 is 0 Å². The van der Waals surface area contributed by atoms with Crippen LogP contribution in [0, 0.1) is 5.92 Å². The van der Waals surface area contributed by atoms with Crippen molar-refractivity contribution in [1.29, 1.82) is 0 Å². The zero-order valence-corrected chi connectivity index (χ0v) is 12.1. The molecule has 106 valence electrons. The van der Waals surface area contributed by atoms with E-state index in [2.05, 4.69) is 23.5 Å². The smallest absolute Gasteiger partial charge is 0.221 e. The Morgan fingerprint density at radius 2 is 1.85 bits per heavy atom. The van der Waals surface area contributed by atoms with Gasteiger partial charge in [-0.1, -0.05) is 56.3 Å². The number of benzene rings is 2. The molecule has 0 aliphatic carbocycles. The minimum absolute atomic E-state index is 0.0131. The Hall–Kier alpha value is -1.87. The predicted molar refractivity (Wildman–Crippen MR) is 83.2 cm³/mol. The van der Waals surface area contributed by atoms with Crippen LogP contribution in [0.2, 0.25) is 0 Å². The molecule has 2 rings (SSSR count). The first-order valence-corrected chi connectivity index (χ1v) is 7.07. The predicted octanol–water partition coefficient (Wildman–Crippen LogP) is 2.83. The van der Waals surface area contributed by atoms with Crippen LogP contribution >= 0.6 is 0 Å². The molecule has 0 aliphatic heterocycles. The first-order valence-electron chi connectivity index (χ1n) is 7.07. The van der Waals surface area contributed by atoms with Crippen LogP contribution in [0.3, 0.4) is 0 Å². The Morgan fingerprint density at radius 3 is 2.60 bits per heavy atom. The second-order valence-electron chi connectivity index (χ2n) is 5.53. The maximum Gasteiger partial charge on any atom is 0.221 e. The molecule has 1 atom stereocenters. The number of hydrogen-bond acceptors (Lipinski definition) is 2. The number of fused-ring (bicyclic) bond motifs is 1. The highest BCUT2D eigenvalue weighted by molar-refractivity contribution is 5.86. The molecule has 20 heavy (non-hydrogen) atoms. The second kappa shape index (κ2) is 6.53. The molecule has 0 spiro atoms. The van der Waals surface area contributed by atoms with E-state index in [-0.39, 0.29) is 11.9 Å². The Bertz CT molecular complexity index is 587. The molecule has 0 saturated heterocycles. The van der Waals surface area contributed by atoms with E-state index in [1.807, 2.05) is 38.1 Å². The first-order chi connectivity index (χ1) is 9.58. The quantitative estimate of drug-likeness (QED) is 0.877. The maximum atomic E-state index is 11.9. The van der Waals surface area contributed by atoms with E-state index < -0.39 is 0 Å². The summed E-state index contributed by atoms with van der Waals surface area (Å²) in [5.74, 6) is 0.331. The number of rotatable bonds is 5. The SMILES string of the molecule is CC(C)C(N)CC(=O)NCc1cccc2ccccc12. The lowest BCUT2D eigenvalue weighted by Gasteiger charge is -2.15. The summed E-state index contributed by atoms with van der Waals surface area (Å²) in [5, 5.41) is 5.33. The molecule has 2 aromatic rings. The Balaban J connectivity index is 2.01. The van der Waals surface area contributed by atoms with Crippen molar-refractivity contribution in [2.24, 2.45) is 11.7 Å². The minimum Gasteiger partial charge on any atom is -0.352 e. The van der Waals surface area contributed by atoms with Gasteiger partial charge in [-0.15, -0.1) is 0 Å². The summed E-state index contributed by atoms with van der Waals surface area (Å²) >= 11 is 0. The van der Waals surface area contributed by atoms with Crippen molar-refractivity contribution >= 4 is 16.7 Å². The lowest BCUT2D eigenvalue weighted by atomic mass is 10.0. The van der Waals surface area contributed by atoms with Gasteiger partial charge in [0.05, 0.1) is 0 Å². The molecule has 0 fully saturated rings. The van der Waals surface area contributed by atoms with Crippen LogP contribution in [-0.2, 0) is 11.3 Å². The molecule has 0 aromatic heterocycles. The topological polar surface area (TPSA) is 55.1 Å². The number of amides is 1. The van der Waals surface area contributed by atoms with Crippen molar-refractivity contribution in [2.45, 2.75) is 32.9 Å². The molecule has 1 amide bonds. The van der Waals surface area contributed by atoms with Crippen molar-refractivity contribution < 1.29 is 4.79 Å². The van der Waals surface area contributed by atoms with Crippen LogP contribution in [0.4, 0.5) is 0 Å². The molecule has 0 radical (unpaired) electrons. The van der Waals surface area contributed by atoms with Crippen LogP contribution in [-0.4, -0.2) is 11.9 Å². The Morgan fingerprint density at radius 1 is 1.15 bits per heavy atom. The van der Waals surface area contributed by atoms with Crippen LogP contribution in [0.5, 0.6) is 0 Å². The molecule has 2 aromatic carbocycles. The van der Waals surface area contributed by atoms with Gasteiger partial charge in [0, 0.05) is 19.0 Å². The zero-order valence-electron chi connectivity index (χ0n) is 12.1. The number of nitrogens with two attached hydrogens (primary N) is 1. The first kappa shape index (κ1) is 14.5. The third kappa shape index (κ3) is 3.58. The van der Waals surface area contributed by atoms with Crippen molar-refractivity contribution in [1.82, 2.24) is 5.32 Å². The summed E-state index contributed by atoms with van der Waals surface area (Å²) in [7, 11) is 0. The van der Waals surface area contributed by atoms with Crippen molar-refractivity contribution in [2.75, 3.05) is 0 Å². The summed E-state index contributed by atoms with van der Waals surface area (Å²) in [6, 6.07) is 14.3. The highest BCUT2D eigenvalue weighted by atomic mass is 16.1. The molecule has 0 bridgehead atoms. The lowest BCUT2D eigenvalue weighted by molar-refractivity contribution is -0.121. The molecule has 0 heterocycles. The van der Waals surface area contributed by atoms with Crippen LogP contribution in [0.15, 0.2) is 42.5 Å². The lowest BCUT2D eigenvalue weighted by Crippen LogP contribution is -2.34. The summed E-state index contributed by atoms with van der Waals surface area (Å²) in [6.07, 6.45) is 0.377. The van der Waals surface area contributed by atoms with Crippen molar-refractivity contribution in [3.8, 4) is 0 Å². The van der Waals surface area contributed by atoms with Gasteiger partial charge in [0.25, 0.3) is 0 Å². The van der Waals surface area contributed by atoms with E-state index in [1.165, 1.54) is 10.8 Å². The van der Waals surface area contributed by atoms with Gasteiger partial charge in [0.15, 0.2) is 0 Å². The number of hydrogen-bond donors (Lipinski definition) is 2. The van der Waals surface area contributed by atoms with E-state index in [9.17, 15) is 4.79 Å². The monoisotopic (exact) mass is 270 g/mol. The molecule has 0 aliphatic rings. The fourth-order valence-corrected chi connectivity index (χ4v) is 2.16.